The highest BCUT2D eigenvalue weighted by atomic mass is 16.2. The highest BCUT2D eigenvalue weighted by Crippen LogP contribution is 2.36. The number of hydrogen-bond acceptors (Lipinski definition) is 2. The topological polar surface area (TPSA) is 23.6 Å². The molecule has 3 nitrogen and oxygen atoms in total. The fourth-order valence-corrected chi connectivity index (χ4v) is 3.39. The van der Waals surface area contributed by atoms with E-state index in [0.717, 1.165) is 19.4 Å². The van der Waals surface area contributed by atoms with Crippen LogP contribution in [0.5, 0.6) is 0 Å². The Balaban J connectivity index is 1.46. The number of carbonyl (C=O) groups is 1. The van der Waals surface area contributed by atoms with Crippen LogP contribution in [0.25, 0.3) is 0 Å². The van der Waals surface area contributed by atoms with E-state index in [0.29, 0.717) is 11.8 Å². The normalized spacial score (nSPS) is 29.9. The van der Waals surface area contributed by atoms with E-state index in [1.54, 1.807) is 11.1 Å². The van der Waals surface area contributed by atoms with Crippen LogP contribution in [-0.4, -0.2) is 48.9 Å². The van der Waals surface area contributed by atoms with Gasteiger partial charge in [0.05, 0.1) is 0 Å². The number of nitrogens with zero attached hydrogens (tertiary/aromatic N) is 2. The molecule has 1 atom stereocenters. The van der Waals surface area contributed by atoms with Crippen molar-refractivity contribution in [1.29, 1.82) is 0 Å². The molecule has 1 unspecified atom stereocenters. The van der Waals surface area contributed by atoms with Crippen molar-refractivity contribution in [3.05, 3.63) is 11.1 Å². The Kier molecular flexibility index (Phi) is 3.42. The lowest BCUT2D eigenvalue weighted by molar-refractivity contribution is -0.133. The third-order valence-corrected chi connectivity index (χ3v) is 4.70. The van der Waals surface area contributed by atoms with Gasteiger partial charge in [0.25, 0.3) is 0 Å². The molecule has 3 aliphatic rings. The molecule has 3 heteroatoms. The molecule has 1 aliphatic carbocycles. The van der Waals surface area contributed by atoms with Crippen molar-refractivity contribution in [1.82, 2.24) is 9.80 Å². The van der Waals surface area contributed by atoms with Crippen LogP contribution < -0.4 is 0 Å². The van der Waals surface area contributed by atoms with Gasteiger partial charge in [-0.25, -0.2) is 0 Å². The van der Waals surface area contributed by atoms with Gasteiger partial charge < -0.3 is 9.80 Å². The van der Waals surface area contributed by atoms with E-state index in [2.05, 4.69) is 4.90 Å². The van der Waals surface area contributed by atoms with Gasteiger partial charge in [-0.3, -0.25) is 4.79 Å². The zero-order valence-electron chi connectivity index (χ0n) is 11.5. The molecule has 0 bridgehead atoms. The molecule has 2 aliphatic heterocycles. The summed E-state index contributed by atoms with van der Waals surface area (Å²) in [4.78, 5) is 16.0. The predicted molar refractivity (Wildman–Crippen MR) is 72.3 cm³/mol. The number of likely N-dealkylation sites (tertiary alicyclic amines) is 2. The van der Waals surface area contributed by atoms with E-state index >= 15 is 0 Å². The molecule has 2 heterocycles. The maximum absolute atomic E-state index is 11.5. The Morgan fingerprint density at radius 3 is 2.33 bits per heavy atom. The van der Waals surface area contributed by atoms with Crippen molar-refractivity contribution >= 4 is 5.91 Å². The van der Waals surface area contributed by atoms with Gasteiger partial charge in [0.1, 0.15) is 0 Å². The molecule has 18 heavy (non-hydrogen) atoms. The number of allylic oxidation sites excluding steroid dienone is 1. The van der Waals surface area contributed by atoms with Crippen LogP contribution in [-0.2, 0) is 4.79 Å². The standard InChI is InChI=1S/C15H24N2O/c1-16-10-12(2-5-15(16)18)11-17-8-6-14(7-9-17)13-3-4-13/h12H,2-11H2,1H3. The molecule has 0 aromatic heterocycles. The van der Waals surface area contributed by atoms with Crippen LogP contribution in [0.1, 0.15) is 38.5 Å². The average Bonchev–Trinajstić information content (AvgIpc) is 3.19. The monoisotopic (exact) mass is 248 g/mol. The second kappa shape index (κ2) is 5.04. The van der Waals surface area contributed by atoms with Crippen LogP contribution in [0.4, 0.5) is 0 Å². The number of carbonyl (C=O) groups excluding carboxylic acids is 1. The summed E-state index contributed by atoms with van der Waals surface area (Å²) in [6, 6.07) is 0. The van der Waals surface area contributed by atoms with Crippen LogP contribution in [0.3, 0.4) is 0 Å². The molecule has 0 spiro atoms. The molecule has 1 saturated carbocycles. The number of piperidine rings is 2. The summed E-state index contributed by atoms with van der Waals surface area (Å²) >= 11 is 0. The SMILES string of the molecule is CN1CC(CN2CCC(=C3CC3)CC2)CCC1=O. The van der Waals surface area contributed by atoms with Crippen LogP contribution in [0.2, 0.25) is 0 Å². The zero-order valence-corrected chi connectivity index (χ0v) is 11.5. The highest BCUT2D eigenvalue weighted by Gasteiger charge is 2.27. The van der Waals surface area contributed by atoms with E-state index in [9.17, 15) is 4.79 Å². The molecule has 0 N–H and O–H groups in total. The first-order chi connectivity index (χ1) is 8.72. The number of rotatable bonds is 2. The van der Waals surface area contributed by atoms with Crippen molar-refractivity contribution in [3.8, 4) is 0 Å². The van der Waals surface area contributed by atoms with Gasteiger partial charge in [0.15, 0.2) is 0 Å². The van der Waals surface area contributed by atoms with Gasteiger partial charge in [0.2, 0.25) is 5.91 Å². The van der Waals surface area contributed by atoms with Crippen molar-refractivity contribution < 1.29 is 4.79 Å². The first-order valence-corrected chi connectivity index (χ1v) is 7.38. The van der Waals surface area contributed by atoms with E-state index in [-0.39, 0.29) is 0 Å². The molecule has 0 aromatic rings. The Bertz CT molecular complexity index is 359. The Hall–Kier alpha value is -0.830. The van der Waals surface area contributed by atoms with Crippen molar-refractivity contribution in [2.45, 2.75) is 38.5 Å². The van der Waals surface area contributed by atoms with Gasteiger partial charge in [-0.2, -0.15) is 0 Å². The van der Waals surface area contributed by atoms with Gasteiger partial charge in [-0.15, -0.1) is 0 Å². The van der Waals surface area contributed by atoms with Gasteiger partial charge in [0, 0.05) is 39.6 Å². The lowest BCUT2D eigenvalue weighted by Crippen LogP contribution is -2.43. The van der Waals surface area contributed by atoms with Gasteiger partial charge in [-0.1, -0.05) is 11.1 Å². The Labute approximate surface area is 110 Å². The molecular weight excluding hydrogens is 224 g/mol. The summed E-state index contributed by atoms with van der Waals surface area (Å²) in [6.07, 6.45) is 7.21. The molecule has 0 aromatic carbocycles. The van der Waals surface area contributed by atoms with Crippen LogP contribution >= 0.6 is 0 Å². The highest BCUT2D eigenvalue weighted by molar-refractivity contribution is 5.76. The predicted octanol–water partition coefficient (Wildman–Crippen LogP) is 2.04. The van der Waals surface area contributed by atoms with E-state index in [1.165, 1.54) is 45.3 Å². The zero-order chi connectivity index (χ0) is 12.5. The molecule has 3 rings (SSSR count). The first-order valence-electron chi connectivity index (χ1n) is 7.38. The summed E-state index contributed by atoms with van der Waals surface area (Å²) in [7, 11) is 1.94. The largest absolute Gasteiger partial charge is 0.345 e. The summed E-state index contributed by atoms with van der Waals surface area (Å²) in [6.45, 7) is 4.64. The summed E-state index contributed by atoms with van der Waals surface area (Å²) in [5.74, 6) is 1.02. The van der Waals surface area contributed by atoms with Crippen LogP contribution in [0, 0.1) is 5.92 Å². The third-order valence-electron chi connectivity index (χ3n) is 4.70. The molecule has 3 fully saturated rings. The van der Waals surface area contributed by atoms with Crippen molar-refractivity contribution in [2.75, 3.05) is 33.2 Å². The minimum atomic E-state index is 0.325. The quantitative estimate of drug-likeness (QED) is 0.698. The van der Waals surface area contributed by atoms with Crippen LogP contribution in [0.15, 0.2) is 11.1 Å². The minimum Gasteiger partial charge on any atom is -0.345 e. The first kappa shape index (κ1) is 12.2. The summed E-state index contributed by atoms with van der Waals surface area (Å²) < 4.78 is 0. The fraction of sp³-hybridized carbons (Fsp3) is 0.800. The Morgan fingerprint density at radius 1 is 1.06 bits per heavy atom. The molecule has 1 amide bonds. The second-order valence-electron chi connectivity index (χ2n) is 6.19. The van der Waals surface area contributed by atoms with E-state index in [4.69, 9.17) is 0 Å². The summed E-state index contributed by atoms with van der Waals surface area (Å²) in [5, 5.41) is 0. The maximum atomic E-state index is 11.5. The smallest absolute Gasteiger partial charge is 0.222 e. The lowest BCUT2D eigenvalue weighted by atomic mass is 9.95. The van der Waals surface area contributed by atoms with Gasteiger partial charge in [-0.05, 0) is 38.0 Å². The lowest BCUT2D eigenvalue weighted by Gasteiger charge is -2.35. The van der Waals surface area contributed by atoms with Gasteiger partial charge >= 0.3 is 0 Å². The second-order valence-corrected chi connectivity index (χ2v) is 6.19. The van der Waals surface area contributed by atoms with Crippen molar-refractivity contribution in [3.63, 3.8) is 0 Å². The maximum Gasteiger partial charge on any atom is 0.222 e. The Morgan fingerprint density at radius 2 is 1.72 bits per heavy atom. The minimum absolute atomic E-state index is 0.325. The molecule has 100 valence electrons. The molecule has 2 saturated heterocycles. The molecular formula is C15H24N2O. The fourth-order valence-electron chi connectivity index (χ4n) is 3.39. The van der Waals surface area contributed by atoms with E-state index in [1.807, 2.05) is 11.9 Å². The van der Waals surface area contributed by atoms with E-state index < -0.39 is 0 Å². The average molecular weight is 248 g/mol. The van der Waals surface area contributed by atoms with Crippen molar-refractivity contribution in [2.24, 2.45) is 5.92 Å². The number of amides is 1. The third kappa shape index (κ3) is 2.77. The molecule has 0 radical (unpaired) electrons. The summed E-state index contributed by atoms with van der Waals surface area (Å²) in [5.41, 5.74) is 3.53. The number of hydrogen-bond donors (Lipinski definition) is 0.